The summed E-state index contributed by atoms with van der Waals surface area (Å²) in [6.07, 6.45) is 0.746. The van der Waals surface area contributed by atoms with Crippen molar-refractivity contribution in [3.05, 3.63) is 94.5 Å². The van der Waals surface area contributed by atoms with Crippen molar-refractivity contribution in [2.45, 2.75) is 13.3 Å². The average Bonchev–Trinajstić information content (AvgIpc) is 2.62. The molecule has 0 amide bonds. The maximum atomic E-state index is 13.2. The van der Waals surface area contributed by atoms with Gasteiger partial charge in [-0.25, -0.2) is 0 Å². The summed E-state index contributed by atoms with van der Waals surface area (Å²) in [7, 11) is -1.19. The van der Waals surface area contributed by atoms with Crippen LogP contribution in [-0.4, -0.2) is 12.4 Å². The van der Waals surface area contributed by atoms with Crippen LogP contribution < -0.4 is 9.05 Å². The Kier molecular flexibility index (Phi) is 4.48. The molecule has 0 saturated heterocycles. The molecule has 130 valence electrons. The van der Waals surface area contributed by atoms with Gasteiger partial charge in [-0.2, -0.15) is 0 Å². The third-order valence-electron chi connectivity index (χ3n) is 4.51. The van der Waals surface area contributed by atoms with Crippen molar-refractivity contribution in [3.8, 4) is 11.5 Å². The van der Waals surface area contributed by atoms with Crippen molar-refractivity contribution in [3.63, 3.8) is 0 Å². The minimum atomic E-state index is -1.19. The van der Waals surface area contributed by atoms with E-state index in [1.165, 1.54) is 0 Å². The Hall–Kier alpha value is -2.64. The van der Waals surface area contributed by atoms with Crippen molar-refractivity contribution in [1.29, 1.82) is 0 Å². The first-order valence-electron chi connectivity index (χ1n) is 8.53. The monoisotopic (exact) mass is 362 g/mol. The molecule has 4 rings (SSSR count). The summed E-state index contributed by atoms with van der Waals surface area (Å²) in [4.78, 5) is 13.2. The predicted octanol–water partition coefficient (Wildman–Crippen LogP) is 5.53. The van der Waals surface area contributed by atoms with E-state index < -0.39 is 8.38 Å². The number of benzene rings is 3. The van der Waals surface area contributed by atoms with Gasteiger partial charge in [0.25, 0.3) is 8.38 Å². The summed E-state index contributed by atoms with van der Waals surface area (Å²) in [5.41, 5.74) is 4.57. The lowest BCUT2D eigenvalue weighted by atomic mass is 9.82. The molecule has 0 fully saturated rings. The van der Waals surface area contributed by atoms with Crippen molar-refractivity contribution in [2.24, 2.45) is 0 Å². The summed E-state index contributed by atoms with van der Waals surface area (Å²) in [5.74, 6) is 1.41. The number of para-hydroxylation sites is 1. The smallest absolute Gasteiger partial charge is 0.286 e. The van der Waals surface area contributed by atoms with Crippen molar-refractivity contribution >= 4 is 14.2 Å². The summed E-state index contributed by atoms with van der Waals surface area (Å²) < 4.78 is 11.9. The minimum absolute atomic E-state index is 0.0399. The van der Waals surface area contributed by atoms with Crippen LogP contribution in [0.2, 0.25) is 0 Å². The molecule has 1 aliphatic carbocycles. The van der Waals surface area contributed by atoms with Gasteiger partial charge in [0.15, 0.2) is 5.78 Å². The standard InChI is InChI=1S/C22H19O3P/c1-15-8-6-9-16-14-17-10-7-13-19(21(17)22(23)20(15)16)25-26(2)24-18-11-4-3-5-12-18/h3-13H,14H2,1-2H3. The first-order chi connectivity index (χ1) is 12.6. The van der Waals surface area contributed by atoms with Crippen LogP contribution in [0.5, 0.6) is 11.5 Å². The van der Waals surface area contributed by atoms with Gasteiger partial charge in [0.1, 0.15) is 11.5 Å². The molecule has 0 aliphatic heterocycles. The first kappa shape index (κ1) is 16.8. The number of aryl methyl sites for hydroxylation is 1. The van der Waals surface area contributed by atoms with Gasteiger partial charge in [-0.05, 0) is 48.2 Å². The second-order valence-corrected chi connectivity index (χ2v) is 7.59. The van der Waals surface area contributed by atoms with E-state index in [-0.39, 0.29) is 5.78 Å². The summed E-state index contributed by atoms with van der Waals surface area (Å²) in [6.45, 7) is 3.88. The van der Waals surface area contributed by atoms with Gasteiger partial charge in [0.2, 0.25) is 0 Å². The van der Waals surface area contributed by atoms with Crippen molar-refractivity contribution < 1.29 is 13.8 Å². The van der Waals surface area contributed by atoms with Gasteiger partial charge in [-0.1, -0.05) is 48.5 Å². The Labute approximate surface area is 154 Å². The van der Waals surface area contributed by atoms with Crippen LogP contribution in [0, 0.1) is 6.92 Å². The van der Waals surface area contributed by atoms with Gasteiger partial charge < -0.3 is 9.05 Å². The fourth-order valence-corrected chi connectivity index (χ4v) is 4.26. The molecule has 26 heavy (non-hydrogen) atoms. The van der Waals surface area contributed by atoms with E-state index in [9.17, 15) is 4.79 Å². The van der Waals surface area contributed by atoms with Crippen LogP contribution in [0.4, 0.5) is 0 Å². The van der Waals surface area contributed by atoms with Gasteiger partial charge in [0, 0.05) is 12.2 Å². The highest BCUT2D eigenvalue weighted by Crippen LogP contribution is 2.41. The van der Waals surface area contributed by atoms with Crippen LogP contribution >= 0.6 is 8.38 Å². The van der Waals surface area contributed by atoms with Crippen LogP contribution in [-0.2, 0) is 6.42 Å². The summed E-state index contributed by atoms with van der Waals surface area (Å²) in [6, 6.07) is 21.4. The number of hydrogen-bond acceptors (Lipinski definition) is 3. The molecule has 0 radical (unpaired) electrons. The number of hydrogen-bond donors (Lipinski definition) is 0. The Bertz CT molecular complexity index is 966. The third kappa shape index (κ3) is 3.11. The molecule has 0 bridgehead atoms. The Balaban J connectivity index is 1.64. The maximum Gasteiger partial charge on any atom is 0.286 e. The fraction of sp³-hybridized carbons (Fsp3) is 0.136. The molecule has 0 aromatic heterocycles. The van der Waals surface area contributed by atoms with Crippen LogP contribution in [0.3, 0.4) is 0 Å². The highest BCUT2D eigenvalue weighted by Gasteiger charge is 2.28. The average molecular weight is 362 g/mol. The van der Waals surface area contributed by atoms with Gasteiger partial charge >= 0.3 is 0 Å². The highest BCUT2D eigenvalue weighted by atomic mass is 31.2. The number of carbonyl (C=O) groups excluding carboxylic acids is 1. The zero-order valence-corrected chi connectivity index (χ0v) is 15.6. The normalized spacial score (nSPS) is 13.5. The maximum absolute atomic E-state index is 13.2. The number of ketones is 1. The SMILES string of the molecule is Cc1cccc2c1C(=O)c1c(cccc1OP(C)Oc1ccccc1)C2. The molecule has 3 aromatic carbocycles. The highest BCUT2D eigenvalue weighted by molar-refractivity contribution is 7.47. The molecule has 1 atom stereocenters. The number of carbonyl (C=O) groups is 1. The lowest BCUT2D eigenvalue weighted by Gasteiger charge is -2.23. The van der Waals surface area contributed by atoms with Gasteiger partial charge in [-0.3, -0.25) is 4.79 Å². The quantitative estimate of drug-likeness (QED) is 0.448. The minimum Gasteiger partial charge on any atom is -0.439 e. The lowest BCUT2D eigenvalue weighted by molar-refractivity contribution is 0.103. The van der Waals surface area contributed by atoms with E-state index >= 15 is 0 Å². The van der Waals surface area contributed by atoms with Crippen LogP contribution in [0.15, 0.2) is 66.7 Å². The molecule has 4 heteroatoms. The third-order valence-corrected chi connectivity index (χ3v) is 5.43. The van der Waals surface area contributed by atoms with Crippen LogP contribution in [0.25, 0.3) is 0 Å². The molecule has 3 nitrogen and oxygen atoms in total. The molecule has 0 saturated carbocycles. The van der Waals surface area contributed by atoms with Crippen LogP contribution in [0.1, 0.15) is 32.6 Å². The van der Waals surface area contributed by atoms with Gasteiger partial charge in [-0.15, -0.1) is 0 Å². The van der Waals surface area contributed by atoms with Gasteiger partial charge in [0.05, 0.1) is 5.56 Å². The first-order valence-corrected chi connectivity index (χ1v) is 10.2. The second-order valence-electron chi connectivity index (χ2n) is 6.34. The van der Waals surface area contributed by atoms with E-state index in [4.69, 9.17) is 9.05 Å². The second kappa shape index (κ2) is 6.93. The Morgan fingerprint density at radius 2 is 1.50 bits per heavy atom. The van der Waals surface area contributed by atoms with E-state index in [2.05, 4.69) is 0 Å². The fourth-order valence-electron chi connectivity index (χ4n) is 3.38. The molecule has 0 heterocycles. The molecule has 3 aromatic rings. The molecule has 0 spiro atoms. The topological polar surface area (TPSA) is 35.5 Å². The number of rotatable bonds is 4. The van der Waals surface area contributed by atoms with E-state index in [1.807, 2.05) is 80.3 Å². The molecule has 0 N–H and O–H groups in total. The molecule has 1 unspecified atom stereocenters. The van der Waals surface area contributed by atoms with E-state index in [0.717, 1.165) is 34.4 Å². The molecular weight excluding hydrogens is 343 g/mol. The Morgan fingerprint density at radius 3 is 2.27 bits per heavy atom. The lowest BCUT2D eigenvalue weighted by Crippen LogP contribution is -2.17. The van der Waals surface area contributed by atoms with E-state index in [1.54, 1.807) is 0 Å². The molecular formula is C22H19O3P. The van der Waals surface area contributed by atoms with E-state index in [0.29, 0.717) is 11.3 Å². The molecule has 1 aliphatic rings. The van der Waals surface area contributed by atoms with Crippen molar-refractivity contribution in [1.82, 2.24) is 0 Å². The predicted molar refractivity (Wildman–Crippen MR) is 104 cm³/mol. The summed E-state index contributed by atoms with van der Waals surface area (Å²) >= 11 is 0. The largest absolute Gasteiger partial charge is 0.439 e. The Morgan fingerprint density at radius 1 is 0.808 bits per heavy atom. The zero-order valence-electron chi connectivity index (χ0n) is 14.7. The zero-order chi connectivity index (χ0) is 18.1. The van der Waals surface area contributed by atoms with Crippen molar-refractivity contribution in [2.75, 3.05) is 6.66 Å². The summed E-state index contributed by atoms with van der Waals surface area (Å²) in [5, 5.41) is 0. The number of fused-ring (bicyclic) bond motifs is 2.